The summed E-state index contributed by atoms with van der Waals surface area (Å²) < 4.78 is 0. The molecule has 5 nitrogen and oxygen atoms in total. The normalized spacial score (nSPS) is 17.7. The van der Waals surface area contributed by atoms with E-state index >= 15 is 0 Å². The van der Waals surface area contributed by atoms with Crippen LogP contribution in [0.2, 0.25) is 0 Å². The number of hydrogen-bond acceptors (Lipinski definition) is 4. The molecule has 1 saturated carbocycles. The van der Waals surface area contributed by atoms with Crippen LogP contribution in [0.25, 0.3) is 0 Å². The van der Waals surface area contributed by atoms with Gasteiger partial charge in [0.15, 0.2) is 0 Å². The van der Waals surface area contributed by atoms with Crippen molar-refractivity contribution >= 4 is 11.8 Å². The number of carboxylic acid groups (broad SMARTS) is 1. The second-order valence-corrected chi connectivity index (χ2v) is 6.25. The smallest absolute Gasteiger partial charge is 0.335 e. The molecule has 1 aromatic heterocycles. The van der Waals surface area contributed by atoms with Gasteiger partial charge in [-0.2, -0.15) is 0 Å². The Bertz CT molecular complexity index is 508. The number of aromatic nitrogens is 1. The molecule has 0 atom stereocenters. The van der Waals surface area contributed by atoms with Crippen LogP contribution in [-0.4, -0.2) is 33.3 Å². The molecular formula is C16H24N2O3. The lowest BCUT2D eigenvalue weighted by Crippen LogP contribution is -2.44. The first kappa shape index (κ1) is 15.8. The lowest BCUT2D eigenvalue weighted by atomic mass is 9.82. The maximum atomic E-state index is 11.3. The predicted molar refractivity (Wildman–Crippen MR) is 81.8 cm³/mol. The van der Waals surface area contributed by atoms with Gasteiger partial charge >= 0.3 is 5.97 Å². The monoisotopic (exact) mass is 292 g/mol. The summed E-state index contributed by atoms with van der Waals surface area (Å²) in [5.41, 5.74) is 0.623. The summed E-state index contributed by atoms with van der Waals surface area (Å²) in [6.45, 7) is 4.02. The first-order chi connectivity index (χ1) is 9.96. The number of aliphatic hydroxyl groups is 1. The van der Waals surface area contributed by atoms with Crippen molar-refractivity contribution in [3.63, 3.8) is 0 Å². The third-order valence-electron chi connectivity index (χ3n) is 4.19. The van der Waals surface area contributed by atoms with Gasteiger partial charge in [-0.25, -0.2) is 9.78 Å². The summed E-state index contributed by atoms with van der Waals surface area (Å²) in [4.78, 5) is 15.8. The van der Waals surface area contributed by atoms with E-state index < -0.39 is 5.97 Å². The van der Waals surface area contributed by atoms with Gasteiger partial charge in [-0.1, -0.05) is 33.1 Å². The van der Waals surface area contributed by atoms with Crippen LogP contribution < -0.4 is 5.32 Å². The zero-order chi connectivity index (χ0) is 15.5. The van der Waals surface area contributed by atoms with Crippen molar-refractivity contribution in [1.82, 2.24) is 4.98 Å². The number of carbonyl (C=O) groups is 1. The van der Waals surface area contributed by atoms with Crippen molar-refractivity contribution in [1.29, 1.82) is 0 Å². The number of pyridine rings is 1. The van der Waals surface area contributed by atoms with Gasteiger partial charge < -0.3 is 15.5 Å². The zero-order valence-corrected chi connectivity index (χ0v) is 12.7. The Morgan fingerprint density at radius 2 is 2.00 bits per heavy atom. The number of anilines is 1. The highest BCUT2D eigenvalue weighted by molar-refractivity contribution is 5.88. The van der Waals surface area contributed by atoms with Crippen LogP contribution >= 0.6 is 0 Å². The van der Waals surface area contributed by atoms with Gasteiger partial charge in [-0.05, 0) is 30.9 Å². The van der Waals surface area contributed by atoms with Crippen molar-refractivity contribution in [2.24, 2.45) is 0 Å². The van der Waals surface area contributed by atoms with Gasteiger partial charge in [0.1, 0.15) is 5.82 Å². The maximum absolute atomic E-state index is 11.3. The molecule has 0 aromatic carbocycles. The van der Waals surface area contributed by atoms with E-state index in [4.69, 9.17) is 0 Å². The summed E-state index contributed by atoms with van der Waals surface area (Å²) in [5.74, 6) is -0.250. The number of hydrogen-bond donors (Lipinski definition) is 3. The number of nitrogens with zero attached hydrogens (tertiary/aromatic N) is 1. The van der Waals surface area contributed by atoms with Crippen LogP contribution in [0.1, 0.15) is 67.9 Å². The molecule has 1 heterocycles. The molecule has 1 aliphatic carbocycles. The molecule has 0 bridgehead atoms. The van der Waals surface area contributed by atoms with Crippen LogP contribution in [0.15, 0.2) is 12.1 Å². The lowest BCUT2D eigenvalue weighted by Gasteiger charge is -2.37. The highest BCUT2D eigenvalue weighted by atomic mass is 16.4. The molecule has 1 aromatic rings. The van der Waals surface area contributed by atoms with Crippen molar-refractivity contribution in [2.45, 2.75) is 57.4 Å². The van der Waals surface area contributed by atoms with Gasteiger partial charge in [-0.15, -0.1) is 0 Å². The van der Waals surface area contributed by atoms with Crippen molar-refractivity contribution in [2.75, 3.05) is 11.9 Å². The Kier molecular flexibility index (Phi) is 4.83. The Balaban J connectivity index is 2.31. The first-order valence-corrected chi connectivity index (χ1v) is 7.60. The summed E-state index contributed by atoms with van der Waals surface area (Å²) in [5, 5.41) is 22.3. The number of aromatic carboxylic acids is 1. The Morgan fingerprint density at radius 1 is 1.33 bits per heavy atom. The van der Waals surface area contributed by atoms with Gasteiger partial charge in [0.05, 0.1) is 17.7 Å². The van der Waals surface area contributed by atoms with Crippen molar-refractivity contribution < 1.29 is 15.0 Å². The standard InChI is InChI=1S/C16H24N2O3/c1-11(2)13-8-12(15(20)21)9-14(17-13)18-16(10-19)6-4-3-5-7-16/h8-9,11,19H,3-7,10H2,1-2H3,(H,17,18)(H,20,21). The third kappa shape index (κ3) is 3.73. The van der Waals surface area contributed by atoms with Crippen LogP contribution in [-0.2, 0) is 0 Å². The predicted octanol–water partition coefficient (Wildman–Crippen LogP) is 3.01. The van der Waals surface area contributed by atoms with E-state index in [9.17, 15) is 15.0 Å². The van der Waals surface area contributed by atoms with E-state index in [1.165, 1.54) is 6.42 Å². The van der Waals surface area contributed by atoms with E-state index in [-0.39, 0.29) is 23.6 Å². The summed E-state index contributed by atoms with van der Waals surface area (Å²) in [6.07, 6.45) is 5.11. The molecule has 1 aliphatic rings. The molecule has 2 rings (SSSR count). The van der Waals surface area contributed by atoms with Gasteiger partial charge in [0.25, 0.3) is 0 Å². The molecule has 1 fully saturated rings. The fourth-order valence-corrected chi connectivity index (χ4v) is 2.86. The van der Waals surface area contributed by atoms with Crippen molar-refractivity contribution in [3.05, 3.63) is 23.4 Å². The summed E-state index contributed by atoms with van der Waals surface area (Å²) >= 11 is 0. The summed E-state index contributed by atoms with van der Waals surface area (Å²) in [7, 11) is 0. The second-order valence-electron chi connectivity index (χ2n) is 6.25. The molecule has 3 N–H and O–H groups in total. The molecule has 0 amide bonds. The Morgan fingerprint density at radius 3 is 2.52 bits per heavy atom. The maximum Gasteiger partial charge on any atom is 0.335 e. The first-order valence-electron chi connectivity index (χ1n) is 7.60. The quantitative estimate of drug-likeness (QED) is 0.777. The summed E-state index contributed by atoms with van der Waals surface area (Å²) in [6, 6.07) is 3.17. The SMILES string of the molecule is CC(C)c1cc(C(=O)O)cc(NC2(CO)CCCCC2)n1. The van der Waals surface area contributed by atoms with E-state index in [2.05, 4.69) is 10.3 Å². The van der Waals surface area contributed by atoms with Crippen LogP contribution in [0.4, 0.5) is 5.82 Å². The highest BCUT2D eigenvalue weighted by Gasteiger charge is 2.31. The molecule has 5 heteroatoms. The Hall–Kier alpha value is -1.62. The van der Waals surface area contributed by atoms with E-state index in [0.717, 1.165) is 31.4 Å². The number of carboxylic acids is 1. The molecule has 0 radical (unpaired) electrons. The second kappa shape index (κ2) is 6.43. The molecular weight excluding hydrogens is 268 g/mol. The molecule has 0 aliphatic heterocycles. The van der Waals surface area contributed by atoms with E-state index in [1.807, 2.05) is 13.8 Å². The minimum atomic E-state index is -0.955. The average Bonchev–Trinajstić information content (AvgIpc) is 2.47. The fourth-order valence-electron chi connectivity index (χ4n) is 2.86. The van der Waals surface area contributed by atoms with Crippen LogP contribution in [0.5, 0.6) is 0 Å². The Labute approximate surface area is 125 Å². The molecule has 21 heavy (non-hydrogen) atoms. The largest absolute Gasteiger partial charge is 0.478 e. The van der Waals surface area contributed by atoms with Crippen LogP contribution in [0, 0.1) is 0 Å². The van der Waals surface area contributed by atoms with E-state index in [0.29, 0.717) is 5.82 Å². The molecule has 0 spiro atoms. The average molecular weight is 292 g/mol. The minimum absolute atomic E-state index is 0.0446. The number of nitrogens with one attached hydrogen (secondary N) is 1. The minimum Gasteiger partial charge on any atom is -0.478 e. The highest BCUT2D eigenvalue weighted by Crippen LogP contribution is 2.31. The van der Waals surface area contributed by atoms with Crippen molar-refractivity contribution in [3.8, 4) is 0 Å². The number of rotatable bonds is 5. The topological polar surface area (TPSA) is 82.5 Å². The third-order valence-corrected chi connectivity index (χ3v) is 4.19. The van der Waals surface area contributed by atoms with E-state index in [1.54, 1.807) is 12.1 Å². The molecule has 0 saturated heterocycles. The van der Waals surface area contributed by atoms with Gasteiger partial charge in [0.2, 0.25) is 0 Å². The van der Waals surface area contributed by atoms with Gasteiger partial charge in [0, 0.05) is 5.69 Å². The molecule has 116 valence electrons. The lowest BCUT2D eigenvalue weighted by molar-refractivity contribution is 0.0696. The van der Waals surface area contributed by atoms with Crippen LogP contribution in [0.3, 0.4) is 0 Å². The van der Waals surface area contributed by atoms with Gasteiger partial charge in [-0.3, -0.25) is 0 Å². The fraction of sp³-hybridized carbons (Fsp3) is 0.625. The molecule has 0 unspecified atom stereocenters. The zero-order valence-electron chi connectivity index (χ0n) is 12.7. The number of aliphatic hydroxyl groups excluding tert-OH is 1.